The molecule has 1 fully saturated rings. The quantitative estimate of drug-likeness (QED) is 0.904. The standard InChI is InChI=1S/C17H28ClN3/c1-16(2,3)20-10-13-9-15(19-11-14(13)18)21-8-6-7-17(4,5)12-21/h9,11,20H,6-8,10,12H2,1-5H3. The van der Waals surface area contributed by atoms with Crippen molar-refractivity contribution in [2.45, 2.75) is 59.5 Å². The highest BCUT2D eigenvalue weighted by atomic mass is 35.5. The molecule has 2 heterocycles. The van der Waals surface area contributed by atoms with Crippen LogP contribution < -0.4 is 10.2 Å². The minimum atomic E-state index is 0.0832. The van der Waals surface area contributed by atoms with Gasteiger partial charge < -0.3 is 10.2 Å². The van der Waals surface area contributed by atoms with Crippen LogP contribution in [0.3, 0.4) is 0 Å². The minimum Gasteiger partial charge on any atom is -0.356 e. The average molecular weight is 310 g/mol. The molecule has 0 atom stereocenters. The van der Waals surface area contributed by atoms with Crippen LogP contribution >= 0.6 is 11.6 Å². The highest BCUT2D eigenvalue weighted by Crippen LogP contribution is 2.31. The predicted octanol–water partition coefficient (Wildman–Crippen LogP) is 4.25. The first-order valence-corrected chi connectivity index (χ1v) is 8.19. The molecule has 0 aromatic carbocycles. The predicted molar refractivity (Wildman–Crippen MR) is 91.1 cm³/mol. The largest absolute Gasteiger partial charge is 0.356 e. The Kier molecular flexibility index (Phi) is 4.84. The summed E-state index contributed by atoms with van der Waals surface area (Å²) in [7, 11) is 0. The molecule has 21 heavy (non-hydrogen) atoms. The lowest BCUT2D eigenvalue weighted by Crippen LogP contribution is -2.40. The third kappa shape index (κ3) is 4.86. The summed E-state index contributed by atoms with van der Waals surface area (Å²) in [6, 6.07) is 2.14. The summed E-state index contributed by atoms with van der Waals surface area (Å²) in [6.07, 6.45) is 4.31. The van der Waals surface area contributed by atoms with Gasteiger partial charge in [0, 0.05) is 31.4 Å². The lowest BCUT2D eigenvalue weighted by atomic mass is 9.84. The summed E-state index contributed by atoms with van der Waals surface area (Å²) in [5.41, 5.74) is 1.57. The molecule has 1 aliphatic rings. The van der Waals surface area contributed by atoms with Gasteiger partial charge in [0.25, 0.3) is 0 Å². The van der Waals surface area contributed by atoms with Crippen LogP contribution in [0.5, 0.6) is 0 Å². The number of pyridine rings is 1. The molecule has 1 aliphatic heterocycles. The van der Waals surface area contributed by atoms with E-state index in [0.29, 0.717) is 5.41 Å². The minimum absolute atomic E-state index is 0.0832. The van der Waals surface area contributed by atoms with E-state index < -0.39 is 0 Å². The Bertz CT molecular complexity index is 491. The Morgan fingerprint density at radius 2 is 2.10 bits per heavy atom. The van der Waals surface area contributed by atoms with Crippen LogP contribution in [-0.4, -0.2) is 23.6 Å². The summed E-state index contributed by atoms with van der Waals surface area (Å²) < 4.78 is 0. The Morgan fingerprint density at radius 3 is 2.71 bits per heavy atom. The van der Waals surface area contributed by atoms with Crippen molar-refractivity contribution in [3.05, 3.63) is 22.8 Å². The van der Waals surface area contributed by atoms with Gasteiger partial charge in [0.15, 0.2) is 0 Å². The third-order valence-electron chi connectivity index (χ3n) is 3.95. The topological polar surface area (TPSA) is 28.2 Å². The monoisotopic (exact) mass is 309 g/mol. The lowest BCUT2D eigenvalue weighted by Gasteiger charge is -2.39. The number of piperidine rings is 1. The summed E-state index contributed by atoms with van der Waals surface area (Å²) in [6.45, 7) is 14.1. The Hall–Kier alpha value is -0.800. The zero-order valence-corrected chi connectivity index (χ0v) is 14.7. The fourth-order valence-electron chi connectivity index (χ4n) is 2.76. The van der Waals surface area contributed by atoms with Gasteiger partial charge in [-0.1, -0.05) is 25.4 Å². The number of aromatic nitrogens is 1. The molecule has 1 aromatic heterocycles. The van der Waals surface area contributed by atoms with Gasteiger partial charge >= 0.3 is 0 Å². The van der Waals surface area contributed by atoms with E-state index in [1.807, 2.05) is 0 Å². The van der Waals surface area contributed by atoms with Crippen molar-refractivity contribution < 1.29 is 0 Å². The molecule has 118 valence electrons. The second-order valence-electron chi connectivity index (χ2n) is 7.93. The zero-order chi connectivity index (χ0) is 15.7. The summed E-state index contributed by atoms with van der Waals surface area (Å²) in [5, 5.41) is 4.24. The molecule has 3 nitrogen and oxygen atoms in total. The van der Waals surface area contributed by atoms with E-state index >= 15 is 0 Å². The summed E-state index contributed by atoms with van der Waals surface area (Å²) in [5.74, 6) is 1.05. The van der Waals surface area contributed by atoms with Crippen LogP contribution in [0.4, 0.5) is 5.82 Å². The number of nitrogens with zero attached hydrogens (tertiary/aromatic N) is 2. The summed E-state index contributed by atoms with van der Waals surface area (Å²) >= 11 is 6.30. The van der Waals surface area contributed by atoms with Gasteiger partial charge in [-0.05, 0) is 50.7 Å². The second-order valence-corrected chi connectivity index (χ2v) is 8.33. The van der Waals surface area contributed by atoms with Crippen molar-refractivity contribution in [2.24, 2.45) is 5.41 Å². The van der Waals surface area contributed by atoms with Gasteiger partial charge in [-0.3, -0.25) is 0 Å². The molecule has 0 saturated carbocycles. The highest BCUT2D eigenvalue weighted by Gasteiger charge is 2.27. The van der Waals surface area contributed by atoms with E-state index in [9.17, 15) is 0 Å². The highest BCUT2D eigenvalue weighted by molar-refractivity contribution is 6.31. The molecular formula is C17H28ClN3. The fraction of sp³-hybridized carbons (Fsp3) is 0.706. The molecular weight excluding hydrogens is 282 g/mol. The molecule has 0 amide bonds. The van der Waals surface area contributed by atoms with Gasteiger partial charge in [0.2, 0.25) is 0 Å². The second kappa shape index (κ2) is 6.13. The van der Waals surface area contributed by atoms with Gasteiger partial charge in [-0.15, -0.1) is 0 Å². The van der Waals surface area contributed by atoms with E-state index in [0.717, 1.165) is 36.0 Å². The van der Waals surface area contributed by atoms with Gasteiger partial charge in [-0.25, -0.2) is 4.98 Å². The lowest BCUT2D eigenvalue weighted by molar-refractivity contribution is 0.292. The number of nitrogens with one attached hydrogen (secondary N) is 1. The molecule has 0 radical (unpaired) electrons. The third-order valence-corrected chi connectivity index (χ3v) is 4.29. The van der Waals surface area contributed by atoms with Crippen LogP contribution in [0.25, 0.3) is 0 Å². The molecule has 0 unspecified atom stereocenters. The Labute approximate surface area is 134 Å². The van der Waals surface area contributed by atoms with Crippen LogP contribution in [-0.2, 0) is 6.54 Å². The smallest absolute Gasteiger partial charge is 0.128 e. The van der Waals surface area contributed by atoms with Crippen molar-refractivity contribution in [2.75, 3.05) is 18.0 Å². The molecule has 0 aliphatic carbocycles. The molecule has 4 heteroatoms. The van der Waals surface area contributed by atoms with Crippen LogP contribution in [0.2, 0.25) is 5.02 Å². The van der Waals surface area contributed by atoms with Crippen LogP contribution in [0.1, 0.15) is 53.0 Å². The first-order valence-electron chi connectivity index (χ1n) is 7.81. The zero-order valence-electron chi connectivity index (χ0n) is 14.0. The van der Waals surface area contributed by atoms with Crippen molar-refractivity contribution in [3.8, 4) is 0 Å². The van der Waals surface area contributed by atoms with Crippen molar-refractivity contribution in [3.63, 3.8) is 0 Å². The summed E-state index contributed by atoms with van der Waals surface area (Å²) in [4.78, 5) is 6.93. The van der Waals surface area contributed by atoms with E-state index in [1.54, 1.807) is 6.20 Å². The number of anilines is 1. The van der Waals surface area contributed by atoms with Gasteiger partial charge in [0.05, 0.1) is 5.02 Å². The number of hydrogen-bond donors (Lipinski definition) is 1. The maximum absolute atomic E-state index is 6.30. The first kappa shape index (κ1) is 16.6. The van der Waals surface area contributed by atoms with E-state index in [-0.39, 0.29) is 5.54 Å². The molecule has 1 N–H and O–H groups in total. The van der Waals surface area contributed by atoms with Crippen molar-refractivity contribution >= 4 is 17.4 Å². The van der Waals surface area contributed by atoms with Crippen molar-refractivity contribution in [1.29, 1.82) is 0 Å². The van der Waals surface area contributed by atoms with Gasteiger partial charge in [0.1, 0.15) is 5.82 Å². The number of rotatable bonds is 3. The first-order chi connectivity index (χ1) is 9.66. The van der Waals surface area contributed by atoms with E-state index in [4.69, 9.17) is 11.6 Å². The van der Waals surface area contributed by atoms with Crippen LogP contribution in [0, 0.1) is 5.41 Å². The normalized spacial score (nSPS) is 18.9. The van der Waals surface area contributed by atoms with Crippen molar-refractivity contribution in [1.82, 2.24) is 10.3 Å². The maximum Gasteiger partial charge on any atom is 0.128 e. The maximum atomic E-state index is 6.30. The molecule has 1 aromatic rings. The number of hydrogen-bond acceptors (Lipinski definition) is 3. The molecule has 0 bridgehead atoms. The Balaban J connectivity index is 2.14. The van der Waals surface area contributed by atoms with E-state index in [2.05, 4.69) is 55.9 Å². The van der Waals surface area contributed by atoms with Gasteiger partial charge in [-0.2, -0.15) is 0 Å². The average Bonchev–Trinajstić information content (AvgIpc) is 2.35. The SMILES string of the molecule is CC1(C)CCCN(c2cc(CNC(C)(C)C)c(Cl)cn2)C1. The van der Waals surface area contributed by atoms with Crippen LogP contribution in [0.15, 0.2) is 12.3 Å². The number of halogens is 1. The van der Waals surface area contributed by atoms with E-state index in [1.165, 1.54) is 12.8 Å². The molecule has 2 rings (SSSR count). The molecule has 0 spiro atoms. The molecule has 1 saturated heterocycles. The Morgan fingerprint density at radius 1 is 1.38 bits per heavy atom. The fourth-order valence-corrected chi connectivity index (χ4v) is 2.93.